The molecule has 1 aliphatic rings. The molecule has 1 aromatic carbocycles. The minimum atomic E-state index is -0.0716. The molecule has 1 amide bonds. The van der Waals surface area contributed by atoms with Crippen molar-refractivity contribution in [1.82, 2.24) is 4.90 Å². The van der Waals surface area contributed by atoms with Gasteiger partial charge in [0.05, 0.1) is 6.04 Å². The van der Waals surface area contributed by atoms with Gasteiger partial charge in [-0.1, -0.05) is 31.2 Å². The number of benzene rings is 1. The molecule has 0 spiro atoms. The zero-order valence-electron chi connectivity index (χ0n) is 12.2. The molecular weight excluding hydrogens is 264 g/mol. The first-order valence-corrected chi connectivity index (χ1v) is 7.42. The summed E-state index contributed by atoms with van der Waals surface area (Å²) in [6.45, 7) is 3.11. The highest BCUT2D eigenvalue weighted by atomic mass is 16.4. The largest absolute Gasteiger partial charge is 0.456 e. The molecule has 0 saturated carbocycles. The summed E-state index contributed by atoms with van der Waals surface area (Å²) >= 11 is 0. The van der Waals surface area contributed by atoms with Crippen molar-refractivity contribution in [2.24, 2.45) is 5.73 Å². The highest BCUT2D eigenvalue weighted by Crippen LogP contribution is 2.30. The fourth-order valence-corrected chi connectivity index (χ4v) is 2.97. The summed E-state index contributed by atoms with van der Waals surface area (Å²) in [5.74, 6) is 1.17. The topological polar surface area (TPSA) is 59.5 Å². The first-order valence-electron chi connectivity index (χ1n) is 7.42. The SMILES string of the molecule is CCc1ccc(C(=O)N2CCc3ccccc3C2CN)o1. The number of carbonyl (C=O) groups is 1. The molecule has 2 heterocycles. The van der Waals surface area contributed by atoms with Gasteiger partial charge in [0.15, 0.2) is 5.76 Å². The lowest BCUT2D eigenvalue weighted by Crippen LogP contribution is -2.43. The van der Waals surface area contributed by atoms with E-state index >= 15 is 0 Å². The molecule has 4 heteroatoms. The summed E-state index contributed by atoms with van der Waals surface area (Å²) in [5, 5.41) is 0. The molecule has 2 aromatic rings. The van der Waals surface area contributed by atoms with Crippen LogP contribution in [0.1, 0.15) is 40.4 Å². The van der Waals surface area contributed by atoms with Gasteiger partial charge in [0.2, 0.25) is 0 Å². The fourth-order valence-electron chi connectivity index (χ4n) is 2.97. The van der Waals surface area contributed by atoms with Crippen molar-refractivity contribution in [3.63, 3.8) is 0 Å². The van der Waals surface area contributed by atoms with E-state index in [0.717, 1.165) is 24.2 Å². The Bertz CT molecular complexity index is 648. The van der Waals surface area contributed by atoms with Crippen molar-refractivity contribution in [1.29, 1.82) is 0 Å². The Balaban J connectivity index is 1.90. The van der Waals surface area contributed by atoms with E-state index in [1.54, 1.807) is 6.07 Å². The Morgan fingerprint density at radius 1 is 1.33 bits per heavy atom. The molecule has 0 saturated heterocycles. The number of nitrogens with zero attached hydrogens (tertiary/aromatic N) is 1. The van der Waals surface area contributed by atoms with Crippen LogP contribution in [0.25, 0.3) is 0 Å². The number of fused-ring (bicyclic) bond motifs is 1. The third-order valence-corrected chi connectivity index (χ3v) is 4.12. The van der Waals surface area contributed by atoms with E-state index in [9.17, 15) is 4.79 Å². The maximum Gasteiger partial charge on any atom is 0.290 e. The van der Waals surface area contributed by atoms with E-state index in [1.807, 2.05) is 30.0 Å². The normalized spacial score (nSPS) is 17.6. The molecule has 0 fully saturated rings. The van der Waals surface area contributed by atoms with E-state index in [2.05, 4.69) is 12.1 Å². The summed E-state index contributed by atoms with van der Waals surface area (Å²) in [5.41, 5.74) is 8.37. The average Bonchev–Trinajstić information content (AvgIpc) is 3.02. The second-order valence-corrected chi connectivity index (χ2v) is 5.32. The van der Waals surface area contributed by atoms with Crippen LogP contribution in [0.4, 0.5) is 0 Å². The van der Waals surface area contributed by atoms with Gasteiger partial charge >= 0.3 is 0 Å². The van der Waals surface area contributed by atoms with Crippen molar-refractivity contribution >= 4 is 5.91 Å². The summed E-state index contributed by atoms with van der Waals surface area (Å²) in [4.78, 5) is 14.5. The molecule has 0 bridgehead atoms. The lowest BCUT2D eigenvalue weighted by atomic mass is 9.92. The van der Waals surface area contributed by atoms with Gasteiger partial charge < -0.3 is 15.1 Å². The monoisotopic (exact) mass is 284 g/mol. The minimum absolute atomic E-state index is 0.0698. The quantitative estimate of drug-likeness (QED) is 0.942. The second kappa shape index (κ2) is 5.74. The minimum Gasteiger partial charge on any atom is -0.456 e. The van der Waals surface area contributed by atoms with Crippen LogP contribution in [0, 0.1) is 0 Å². The van der Waals surface area contributed by atoms with Crippen LogP contribution in [-0.2, 0) is 12.8 Å². The van der Waals surface area contributed by atoms with E-state index in [4.69, 9.17) is 10.2 Å². The third-order valence-electron chi connectivity index (χ3n) is 4.12. The summed E-state index contributed by atoms with van der Waals surface area (Å²) < 4.78 is 5.60. The van der Waals surface area contributed by atoms with Crippen molar-refractivity contribution in [2.45, 2.75) is 25.8 Å². The second-order valence-electron chi connectivity index (χ2n) is 5.32. The molecule has 0 aliphatic carbocycles. The van der Waals surface area contributed by atoms with Crippen LogP contribution in [0.15, 0.2) is 40.8 Å². The lowest BCUT2D eigenvalue weighted by Gasteiger charge is -2.36. The standard InChI is InChI=1S/C17H20N2O2/c1-2-13-7-8-16(21-13)17(20)19-10-9-12-5-3-4-6-14(12)15(19)11-18/h3-8,15H,2,9-11,18H2,1H3. The van der Waals surface area contributed by atoms with Crippen LogP contribution in [-0.4, -0.2) is 23.9 Å². The van der Waals surface area contributed by atoms with Crippen LogP contribution in [0.2, 0.25) is 0 Å². The molecule has 4 nitrogen and oxygen atoms in total. The maximum atomic E-state index is 12.7. The number of nitrogens with two attached hydrogens (primary N) is 1. The highest BCUT2D eigenvalue weighted by Gasteiger charge is 2.31. The Morgan fingerprint density at radius 2 is 2.14 bits per heavy atom. The van der Waals surface area contributed by atoms with Gasteiger partial charge in [0.1, 0.15) is 5.76 Å². The molecule has 21 heavy (non-hydrogen) atoms. The molecule has 1 aliphatic heterocycles. The Labute approximate surface area is 124 Å². The van der Waals surface area contributed by atoms with E-state index in [1.165, 1.54) is 5.56 Å². The summed E-state index contributed by atoms with van der Waals surface area (Å²) in [6, 6.07) is 11.8. The Hall–Kier alpha value is -2.07. The maximum absolute atomic E-state index is 12.7. The van der Waals surface area contributed by atoms with Crippen molar-refractivity contribution in [2.75, 3.05) is 13.1 Å². The molecule has 0 radical (unpaired) electrons. The predicted octanol–water partition coefficient (Wildman–Crippen LogP) is 2.54. The van der Waals surface area contributed by atoms with Crippen LogP contribution in [0.5, 0.6) is 0 Å². The van der Waals surface area contributed by atoms with Crippen LogP contribution in [0.3, 0.4) is 0 Å². The zero-order valence-corrected chi connectivity index (χ0v) is 12.2. The predicted molar refractivity (Wildman–Crippen MR) is 81.1 cm³/mol. The van der Waals surface area contributed by atoms with Crippen LogP contribution < -0.4 is 5.73 Å². The van der Waals surface area contributed by atoms with Gasteiger partial charge in [-0.3, -0.25) is 4.79 Å². The number of hydrogen-bond acceptors (Lipinski definition) is 3. The van der Waals surface area contributed by atoms with Gasteiger partial charge in [0, 0.05) is 19.5 Å². The van der Waals surface area contributed by atoms with Crippen molar-refractivity contribution < 1.29 is 9.21 Å². The van der Waals surface area contributed by atoms with Crippen molar-refractivity contribution in [3.05, 3.63) is 59.0 Å². The number of aryl methyl sites for hydroxylation is 1. The van der Waals surface area contributed by atoms with Gasteiger partial charge in [-0.25, -0.2) is 0 Å². The third kappa shape index (κ3) is 2.47. The number of hydrogen-bond donors (Lipinski definition) is 1. The van der Waals surface area contributed by atoms with E-state index in [0.29, 0.717) is 18.8 Å². The Morgan fingerprint density at radius 3 is 2.86 bits per heavy atom. The number of furan rings is 1. The fraction of sp³-hybridized carbons (Fsp3) is 0.353. The zero-order chi connectivity index (χ0) is 14.8. The van der Waals surface area contributed by atoms with Crippen molar-refractivity contribution in [3.8, 4) is 0 Å². The van der Waals surface area contributed by atoms with Crippen LogP contribution >= 0.6 is 0 Å². The molecule has 1 atom stereocenters. The lowest BCUT2D eigenvalue weighted by molar-refractivity contribution is 0.0633. The number of amides is 1. The van der Waals surface area contributed by atoms with Gasteiger partial charge in [-0.05, 0) is 29.7 Å². The van der Waals surface area contributed by atoms with Gasteiger partial charge in [0.25, 0.3) is 5.91 Å². The van der Waals surface area contributed by atoms with E-state index in [-0.39, 0.29) is 11.9 Å². The summed E-state index contributed by atoms with van der Waals surface area (Å²) in [6.07, 6.45) is 1.65. The van der Waals surface area contributed by atoms with Gasteiger partial charge in [-0.15, -0.1) is 0 Å². The molecule has 1 unspecified atom stereocenters. The number of carbonyl (C=O) groups excluding carboxylic acids is 1. The first kappa shape index (κ1) is 13.9. The average molecular weight is 284 g/mol. The summed E-state index contributed by atoms with van der Waals surface area (Å²) in [7, 11) is 0. The molecule has 2 N–H and O–H groups in total. The smallest absolute Gasteiger partial charge is 0.290 e. The molecule has 1 aromatic heterocycles. The number of rotatable bonds is 3. The molecule has 3 rings (SSSR count). The highest BCUT2D eigenvalue weighted by molar-refractivity contribution is 5.92. The molecule has 110 valence electrons. The van der Waals surface area contributed by atoms with E-state index < -0.39 is 0 Å². The first-order chi connectivity index (χ1) is 10.2. The van der Waals surface area contributed by atoms with Gasteiger partial charge in [-0.2, -0.15) is 0 Å². The molecular formula is C17H20N2O2. The Kier molecular flexibility index (Phi) is 3.80.